The molecule has 0 unspecified atom stereocenters. The molecule has 0 atom stereocenters. The molecule has 0 radical (unpaired) electrons. The van der Waals surface area contributed by atoms with Gasteiger partial charge >= 0.3 is 5.97 Å². The summed E-state index contributed by atoms with van der Waals surface area (Å²) in [6.45, 7) is 1.58. The van der Waals surface area contributed by atoms with Crippen LogP contribution in [0.1, 0.15) is 22.8 Å². The number of aromatic nitrogens is 1. The van der Waals surface area contributed by atoms with E-state index in [-0.39, 0.29) is 5.56 Å². The van der Waals surface area contributed by atoms with Crippen LogP contribution in [0.4, 0.5) is 5.69 Å². The number of anilines is 1. The van der Waals surface area contributed by atoms with Crippen molar-refractivity contribution in [2.75, 3.05) is 11.9 Å². The maximum Gasteiger partial charge on any atom is 0.344 e. The first-order chi connectivity index (χ1) is 10.6. The molecular weight excluding hydrogens is 284 g/mol. The molecule has 0 aliphatic rings. The quantitative estimate of drug-likeness (QED) is 0.823. The molecule has 0 fully saturated rings. The molecule has 2 N–H and O–H groups in total. The van der Waals surface area contributed by atoms with Crippen LogP contribution in [-0.4, -0.2) is 23.5 Å². The highest BCUT2D eigenvalue weighted by molar-refractivity contribution is 5.95. The van der Waals surface area contributed by atoms with Gasteiger partial charge in [0.1, 0.15) is 5.56 Å². The Bertz CT molecular complexity index is 719. The van der Waals surface area contributed by atoms with E-state index in [2.05, 4.69) is 10.3 Å². The van der Waals surface area contributed by atoms with Crippen LogP contribution in [-0.2, 0) is 16.0 Å². The zero-order valence-electron chi connectivity index (χ0n) is 12.1. The summed E-state index contributed by atoms with van der Waals surface area (Å²) in [6, 6.07) is 10.2. The number of hydrogen-bond acceptors (Lipinski definition) is 4. The molecule has 0 aliphatic carbocycles. The molecule has 1 heterocycles. The summed E-state index contributed by atoms with van der Waals surface area (Å²) in [5.41, 5.74) is 1.09. The second-order valence-corrected chi connectivity index (χ2v) is 4.59. The smallest absolute Gasteiger partial charge is 0.344 e. The molecule has 2 rings (SSSR count). The third-order valence-electron chi connectivity index (χ3n) is 3.02. The van der Waals surface area contributed by atoms with Crippen LogP contribution in [0.5, 0.6) is 0 Å². The van der Waals surface area contributed by atoms with E-state index in [1.807, 2.05) is 19.1 Å². The average molecular weight is 300 g/mol. The number of pyridine rings is 1. The fourth-order valence-corrected chi connectivity index (χ4v) is 1.81. The van der Waals surface area contributed by atoms with Gasteiger partial charge in [-0.25, -0.2) is 4.79 Å². The summed E-state index contributed by atoms with van der Waals surface area (Å²) in [5.74, 6) is -1.30. The van der Waals surface area contributed by atoms with E-state index in [1.54, 1.807) is 12.1 Å². The zero-order valence-corrected chi connectivity index (χ0v) is 12.1. The van der Waals surface area contributed by atoms with Crippen molar-refractivity contribution in [3.8, 4) is 0 Å². The third kappa shape index (κ3) is 4.05. The monoisotopic (exact) mass is 300 g/mol. The minimum atomic E-state index is -0.835. The Kier molecular flexibility index (Phi) is 5.08. The van der Waals surface area contributed by atoms with Crippen molar-refractivity contribution < 1.29 is 14.3 Å². The SMILES string of the molecule is CCc1ccc(NC(=O)COC(=O)c2ccc[nH]c2=O)cc1. The standard InChI is InChI=1S/C16H16N2O4/c1-2-11-5-7-12(8-6-11)18-14(19)10-22-16(21)13-4-3-9-17-15(13)20/h3-9H,2,10H2,1H3,(H,17,20)(H,18,19). The van der Waals surface area contributed by atoms with E-state index in [0.29, 0.717) is 5.69 Å². The largest absolute Gasteiger partial charge is 0.452 e. The number of carbonyl (C=O) groups is 2. The Balaban J connectivity index is 1.88. The lowest BCUT2D eigenvalue weighted by molar-refractivity contribution is -0.119. The highest BCUT2D eigenvalue weighted by Gasteiger charge is 2.13. The number of carbonyl (C=O) groups excluding carboxylic acids is 2. The fourth-order valence-electron chi connectivity index (χ4n) is 1.81. The lowest BCUT2D eigenvalue weighted by atomic mass is 10.1. The Labute approximate surface area is 127 Å². The molecule has 22 heavy (non-hydrogen) atoms. The van der Waals surface area contributed by atoms with Gasteiger partial charge in [0.05, 0.1) is 0 Å². The predicted octanol–water partition coefficient (Wildman–Crippen LogP) is 1.73. The van der Waals surface area contributed by atoms with Crippen LogP contribution in [0, 0.1) is 0 Å². The number of benzene rings is 1. The highest BCUT2D eigenvalue weighted by Crippen LogP contribution is 2.09. The minimum Gasteiger partial charge on any atom is -0.452 e. The average Bonchev–Trinajstić information content (AvgIpc) is 2.54. The molecule has 6 nitrogen and oxygen atoms in total. The summed E-state index contributed by atoms with van der Waals surface area (Å²) in [4.78, 5) is 37.2. The number of esters is 1. The summed E-state index contributed by atoms with van der Waals surface area (Å²) in [6.07, 6.45) is 2.32. The van der Waals surface area contributed by atoms with Crippen molar-refractivity contribution in [3.63, 3.8) is 0 Å². The summed E-state index contributed by atoms with van der Waals surface area (Å²) in [5, 5.41) is 2.61. The molecule has 114 valence electrons. The second kappa shape index (κ2) is 7.21. The first-order valence-electron chi connectivity index (χ1n) is 6.83. The third-order valence-corrected chi connectivity index (χ3v) is 3.02. The van der Waals surface area contributed by atoms with Gasteiger partial charge in [0, 0.05) is 11.9 Å². The Morgan fingerprint density at radius 2 is 1.91 bits per heavy atom. The number of amides is 1. The maximum atomic E-state index is 11.7. The molecule has 0 bridgehead atoms. The Morgan fingerprint density at radius 3 is 2.55 bits per heavy atom. The molecule has 0 saturated heterocycles. The molecule has 1 aromatic heterocycles. The fraction of sp³-hybridized carbons (Fsp3) is 0.188. The Hall–Kier alpha value is -2.89. The molecule has 6 heteroatoms. The lowest BCUT2D eigenvalue weighted by Gasteiger charge is -2.07. The Morgan fingerprint density at radius 1 is 1.18 bits per heavy atom. The topological polar surface area (TPSA) is 88.3 Å². The molecule has 0 aliphatic heterocycles. The number of ether oxygens (including phenoxy) is 1. The van der Waals surface area contributed by atoms with Crippen molar-refractivity contribution in [1.82, 2.24) is 4.98 Å². The lowest BCUT2D eigenvalue weighted by Crippen LogP contribution is -2.24. The van der Waals surface area contributed by atoms with Crippen LogP contribution in [0.2, 0.25) is 0 Å². The predicted molar refractivity (Wildman–Crippen MR) is 81.8 cm³/mol. The summed E-state index contributed by atoms with van der Waals surface area (Å²) < 4.78 is 4.82. The number of rotatable bonds is 5. The van der Waals surface area contributed by atoms with Crippen molar-refractivity contribution in [2.24, 2.45) is 0 Å². The van der Waals surface area contributed by atoms with Crippen molar-refractivity contribution in [2.45, 2.75) is 13.3 Å². The van der Waals surface area contributed by atoms with Crippen LogP contribution in [0.25, 0.3) is 0 Å². The zero-order chi connectivity index (χ0) is 15.9. The van der Waals surface area contributed by atoms with Gasteiger partial charge in [0.2, 0.25) is 0 Å². The van der Waals surface area contributed by atoms with Crippen molar-refractivity contribution >= 4 is 17.6 Å². The molecule has 0 spiro atoms. The minimum absolute atomic E-state index is 0.136. The molecule has 0 saturated carbocycles. The summed E-state index contributed by atoms with van der Waals surface area (Å²) in [7, 11) is 0. The van der Waals surface area contributed by atoms with Crippen LogP contribution in [0.15, 0.2) is 47.4 Å². The molecule has 2 aromatic rings. The first-order valence-corrected chi connectivity index (χ1v) is 6.83. The number of H-pyrrole nitrogens is 1. The van der Waals surface area contributed by atoms with Gasteiger partial charge in [-0.05, 0) is 36.2 Å². The van der Waals surface area contributed by atoms with E-state index >= 15 is 0 Å². The van der Waals surface area contributed by atoms with Crippen LogP contribution >= 0.6 is 0 Å². The van der Waals surface area contributed by atoms with Crippen LogP contribution in [0.3, 0.4) is 0 Å². The number of hydrogen-bond donors (Lipinski definition) is 2. The van der Waals surface area contributed by atoms with Gasteiger partial charge in [-0.15, -0.1) is 0 Å². The van der Waals surface area contributed by atoms with Crippen molar-refractivity contribution in [1.29, 1.82) is 0 Å². The van der Waals surface area contributed by atoms with Gasteiger partial charge < -0.3 is 15.0 Å². The van der Waals surface area contributed by atoms with Crippen molar-refractivity contribution in [3.05, 3.63) is 64.1 Å². The second-order valence-electron chi connectivity index (χ2n) is 4.59. The van der Waals surface area contributed by atoms with Gasteiger partial charge in [-0.3, -0.25) is 9.59 Å². The van der Waals surface area contributed by atoms with E-state index in [9.17, 15) is 14.4 Å². The molecule has 1 aromatic carbocycles. The number of aromatic amines is 1. The van der Waals surface area contributed by atoms with E-state index < -0.39 is 24.0 Å². The highest BCUT2D eigenvalue weighted by atomic mass is 16.5. The first kappa shape index (κ1) is 15.5. The number of nitrogens with one attached hydrogen (secondary N) is 2. The van der Waals surface area contributed by atoms with Gasteiger partial charge in [-0.1, -0.05) is 19.1 Å². The van der Waals surface area contributed by atoms with E-state index in [1.165, 1.54) is 18.3 Å². The number of aryl methyl sites for hydroxylation is 1. The molecule has 1 amide bonds. The van der Waals surface area contributed by atoms with Gasteiger partial charge in [0.15, 0.2) is 6.61 Å². The normalized spacial score (nSPS) is 10.0. The van der Waals surface area contributed by atoms with E-state index in [4.69, 9.17) is 4.74 Å². The molecular formula is C16H16N2O4. The van der Waals surface area contributed by atoms with Crippen LogP contribution < -0.4 is 10.9 Å². The maximum absolute atomic E-state index is 11.7. The van der Waals surface area contributed by atoms with Gasteiger partial charge in [0.25, 0.3) is 11.5 Å². The summed E-state index contributed by atoms with van der Waals surface area (Å²) >= 11 is 0. The van der Waals surface area contributed by atoms with Gasteiger partial charge in [-0.2, -0.15) is 0 Å². The van der Waals surface area contributed by atoms with E-state index in [0.717, 1.165) is 12.0 Å².